The van der Waals surface area contributed by atoms with Crippen LogP contribution >= 0.6 is 11.6 Å². The normalized spacial score (nSPS) is 9.71. The highest BCUT2D eigenvalue weighted by molar-refractivity contribution is 6.31. The third-order valence-electron chi connectivity index (χ3n) is 2.84. The fraction of sp³-hybridized carbons (Fsp3) is 0.0625. The number of nitrogens with zero attached hydrogens (tertiary/aromatic N) is 1. The van der Waals surface area contributed by atoms with Crippen molar-refractivity contribution in [3.8, 4) is 11.8 Å². The van der Waals surface area contributed by atoms with Crippen molar-refractivity contribution >= 4 is 23.4 Å². The lowest BCUT2D eigenvalue weighted by Gasteiger charge is -2.09. The van der Waals surface area contributed by atoms with Crippen LogP contribution in [0.4, 0.5) is 4.39 Å². The summed E-state index contributed by atoms with van der Waals surface area (Å²) in [4.78, 5) is 23.4. The first kappa shape index (κ1) is 17.2. The number of hydrazine groups is 1. The maximum absolute atomic E-state index is 13.5. The Morgan fingerprint density at radius 1 is 1.17 bits per heavy atom. The third kappa shape index (κ3) is 4.69. The van der Waals surface area contributed by atoms with Crippen LogP contribution in [0.2, 0.25) is 5.02 Å². The Bertz CT molecular complexity index is 803. The van der Waals surface area contributed by atoms with E-state index < -0.39 is 17.6 Å². The van der Waals surface area contributed by atoms with E-state index in [9.17, 15) is 14.0 Å². The maximum atomic E-state index is 13.5. The number of carbonyl (C=O) groups excluding carboxylic acids is 2. The molecule has 0 aliphatic rings. The number of rotatable bonds is 4. The lowest BCUT2D eigenvalue weighted by Crippen LogP contribution is -2.44. The zero-order chi connectivity index (χ0) is 17.5. The Labute approximate surface area is 141 Å². The van der Waals surface area contributed by atoms with E-state index >= 15 is 0 Å². The van der Waals surface area contributed by atoms with Gasteiger partial charge in [-0.3, -0.25) is 20.4 Å². The molecule has 0 aliphatic carbocycles. The van der Waals surface area contributed by atoms with Crippen molar-refractivity contribution in [3.05, 3.63) is 64.4 Å². The predicted octanol–water partition coefficient (Wildman–Crippen LogP) is 2.19. The molecule has 8 heteroatoms. The number of halogens is 2. The Hall–Kier alpha value is -3.11. The van der Waals surface area contributed by atoms with Crippen molar-refractivity contribution in [1.29, 1.82) is 5.26 Å². The summed E-state index contributed by atoms with van der Waals surface area (Å²) >= 11 is 5.69. The van der Waals surface area contributed by atoms with Gasteiger partial charge in [-0.1, -0.05) is 11.6 Å². The molecule has 0 fully saturated rings. The average molecular weight is 348 g/mol. The molecule has 0 aliphatic heterocycles. The number of carbonyl (C=O) groups is 2. The van der Waals surface area contributed by atoms with Crippen LogP contribution in [0.3, 0.4) is 0 Å². The Balaban J connectivity index is 1.83. The number of ether oxygens (including phenoxy) is 1. The molecule has 0 unspecified atom stereocenters. The monoisotopic (exact) mass is 347 g/mol. The summed E-state index contributed by atoms with van der Waals surface area (Å²) < 4.78 is 18.7. The van der Waals surface area contributed by atoms with Crippen molar-refractivity contribution in [1.82, 2.24) is 10.9 Å². The first-order valence-corrected chi connectivity index (χ1v) is 7.04. The summed E-state index contributed by atoms with van der Waals surface area (Å²) in [6.07, 6.45) is 0. The molecule has 24 heavy (non-hydrogen) atoms. The van der Waals surface area contributed by atoms with Gasteiger partial charge >= 0.3 is 0 Å². The number of hydrogen-bond donors (Lipinski definition) is 2. The van der Waals surface area contributed by atoms with Crippen LogP contribution in [0.1, 0.15) is 15.9 Å². The van der Waals surface area contributed by atoms with Gasteiger partial charge in [0.2, 0.25) is 0 Å². The van der Waals surface area contributed by atoms with Gasteiger partial charge in [0, 0.05) is 5.02 Å². The van der Waals surface area contributed by atoms with Gasteiger partial charge in [-0.15, -0.1) is 0 Å². The first-order valence-electron chi connectivity index (χ1n) is 6.67. The van der Waals surface area contributed by atoms with Crippen molar-refractivity contribution in [2.24, 2.45) is 0 Å². The molecule has 0 radical (unpaired) electrons. The van der Waals surface area contributed by atoms with E-state index in [-0.39, 0.29) is 17.2 Å². The Kier molecular flexibility index (Phi) is 5.71. The number of hydrogen-bond acceptors (Lipinski definition) is 4. The van der Waals surface area contributed by atoms with Crippen LogP contribution < -0.4 is 15.6 Å². The lowest BCUT2D eigenvalue weighted by atomic mass is 10.2. The Morgan fingerprint density at radius 3 is 2.54 bits per heavy atom. The molecule has 6 nitrogen and oxygen atoms in total. The highest BCUT2D eigenvalue weighted by Gasteiger charge is 2.13. The van der Waals surface area contributed by atoms with Crippen LogP contribution in [-0.4, -0.2) is 18.4 Å². The van der Waals surface area contributed by atoms with Gasteiger partial charge in [-0.25, -0.2) is 4.39 Å². The maximum Gasteiger partial charge on any atom is 0.276 e. The second kappa shape index (κ2) is 7.94. The van der Waals surface area contributed by atoms with E-state index in [1.54, 1.807) is 0 Å². The zero-order valence-corrected chi connectivity index (χ0v) is 12.9. The van der Waals surface area contributed by atoms with Crippen molar-refractivity contribution in [3.63, 3.8) is 0 Å². The van der Waals surface area contributed by atoms with E-state index in [0.29, 0.717) is 11.3 Å². The van der Waals surface area contributed by atoms with Gasteiger partial charge in [-0.05, 0) is 42.5 Å². The minimum absolute atomic E-state index is 0.192. The summed E-state index contributed by atoms with van der Waals surface area (Å²) in [5.74, 6) is -1.87. The smallest absolute Gasteiger partial charge is 0.276 e. The SMILES string of the molecule is N#Cc1ccc(OCC(=O)NNC(=O)c2cc(Cl)ccc2F)cc1. The fourth-order valence-corrected chi connectivity index (χ4v) is 1.85. The zero-order valence-electron chi connectivity index (χ0n) is 12.2. The quantitative estimate of drug-likeness (QED) is 0.829. The van der Waals surface area contributed by atoms with E-state index in [2.05, 4.69) is 10.9 Å². The van der Waals surface area contributed by atoms with E-state index in [1.807, 2.05) is 6.07 Å². The highest BCUT2D eigenvalue weighted by Crippen LogP contribution is 2.14. The molecule has 0 bridgehead atoms. The summed E-state index contributed by atoms with van der Waals surface area (Å²) in [6.45, 7) is -0.371. The van der Waals surface area contributed by atoms with E-state index in [1.165, 1.54) is 30.3 Å². The number of amides is 2. The molecule has 2 N–H and O–H groups in total. The van der Waals surface area contributed by atoms with Gasteiger partial charge in [0.25, 0.3) is 11.8 Å². The molecular formula is C16H11ClFN3O3. The average Bonchev–Trinajstić information content (AvgIpc) is 2.60. The third-order valence-corrected chi connectivity index (χ3v) is 3.08. The first-order chi connectivity index (χ1) is 11.5. The Morgan fingerprint density at radius 2 is 1.88 bits per heavy atom. The molecule has 2 rings (SSSR count). The molecule has 0 heterocycles. The minimum Gasteiger partial charge on any atom is -0.484 e. The van der Waals surface area contributed by atoms with Gasteiger partial charge in [-0.2, -0.15) is 5.26 Å². The lowest BCUT2D eigenvalue weighted by molar-refractivity contribution is -0.123. The molecule has 0 atom stereocenters. The van der Waals surface area contributed by atoms with Crippen LogP contribution in [0.25, 0.3) is 0 Å². The summed E-state index contributed by atoms with van der Waals surface area (Å²) in [5, 5.41) is 8.86. The topological polar surface area (TPSA) is 91.2 Å². The fourth-order valence-electron chi connectivity index (χ4n) is 1.68. The molecule has 0 saturated heterocycles. The largest absolute Gasteiger partial charge is 0.484 e. The molecule has 0 saturated carbocycles. The van der Waals surface area contributed by atoms with Gasteiger partial charge in [0.1, 0.15) is 11.6 Å². The second-order valence-electron chi connectivity index (χ2n) is 4.55. The second-order valence-corrected chi connectivity index (χ2v) is 4.99. The van der Waals surface area contributed by atoms with Gasteiger partial charge in [0.05, 0.1) is 17.2 Å². The number of nitrogens with one attached hydrogen (secondary N) is 2. The van der Waals surface area contributed by atoms with Crippen molar-refractivity contribution in [2.45, 2.75) is 0 Å². The van der Waals surface area contributed by atoms with E-state index in [0.717, 1.165) is 12.1 Å². The molecule has 122 valence electrons. The van der Waals surface area contributed by atoms with Crippen LogP contribution in [-0.2, 0) is 4.79 Å². The van der Waals surface area contributed by atoms with Crippen LogP contribution in [0, 0.1) is 17.1 Å². The molecule has 2 amide bonds. The van der Waals surface area contributed by atoms with Crippen molar-refractivity contribution in [2.75, 3.05) is 6.61 Å². The predicted molar refractivity (Wildman–Crippen MR) is 83.7 cm³/mol. The van der Waals surface area contributed by atoms with Crippen LogP contribution in [0.5, 0.6) is 5.75 Å². The summed E-state index contributed by atoms with van der Waals surface area (Å²) in [7, 11) is 0. The number of benzene rings is 2. The van der Waals surface area contributed by atoms with Gasteiger partial charge in [0.15, 0.2) is 6.61 Å². The van der Waals surface area contributed by atoms with Crippen LogP contribution in [0.15, 0.2) is 42.5 Å². The summed E-state index contributed by atoms with van der Waals surface area (Å²) in [5.41, 5.74) is 4.32. The molecular weight excluding hydrogens is 337 g/mol. The molecule has 2 aromatic rings. The van der Waals surface area contributed by atoms with Gasteiger partial charge < -0.3 is 4.74 Å². The van der Waals surface area contributed by atoms with Crippen molar-refractivity contribution < 1.29 is 18.7 Å². The minimum atomic E-state index is -0.846. The summed E-state index contributed by atoms with van der Waals surface area (Å²) in [6, 6.07) is 11.6. The standard InChI is InChI=1S/C16H11ClFN3O3/c17-11-3-6-14(18)13(7-11)16(23)21-20-15(22)9-24-12-4-1-10(8-19)2-5-12/h1-7H,9H2,(H,20,22)(H,21,23). The highest BCUT2D eigenvalue weighted by atomic mass is 35.5. The number of nitriles is 1. The molecule has 0 spiro atoms. The molecule has 0 aromatic heterocycles. The molecule has 2 aromatic carbocycles. The van der Waals surface area contributed by atoms with E-state index in [4.69, 9.17) is 21.6 Å².